The summed E-state index contributed by atoms with van der Waals surface area (Å²) in [4.78, 5) is 45.6. The number of carbonyl (C=O) groups excluding carboxylic acids is 3. The number of hydrogen-bond acceptors (Lipinski definition) is 8. The lowest BCUT2D eigenvalue weighted by atomic mass is 9.70. The summed E-state index contributed by atoms with van der Waals surface area (Å²) in [5.74, 6) is -2.85. The quantitative estimate of drug-likeness (QED) is 0.132. The van der Waals surface area contributed by atoms with E-state index in [4.69, 9.17) is 9.47 Å². The van der Waals surface area contributed by atoms with E-state index in [0.717, 1.165) is 18.4 Å². The van der Waals surface area contributed by atoms with Crippen molar-refractivity contribution in [3.63, 3.8) is 0 Å². The van der Waals surface area contributed by atoms with Gasteiger partial charge in [0, 0.05) is 11.4 Å². The van der Waals surface area contributed by atoms with Gasteiger partial charge in [0.05, 0.1) is 42.7 Å². The molecule has 11 nitrogen and oxygen atoms in total. The van der Waals surface area contributed by atoms with Gasteiger partial charge in [-0.25, -0.2) is 4.68 Å². The molecule has 3 aliphatic heterocycles. The minimum Gasteiger partial charge on any atom is -0.465 e. The monoisotopic (exact) mass is 671 g/mol. The normalized spacial score (nSPS) is 28.0. The van der Waals surface area contributed by atoms with Crippen molar-refractivity contribution in [2.75, 3.05) is 19.8 Å². The standard InChI is InChI=1S/C32H42BrN5O6/c1-5-7-8-11-15-43-31(42)25-26-29(40)38(21(18-39)16-20(3)4)28(32(26)17-22(33)27(25)44-32)30(41)36(14-6-2)19-37-24-13-10-9-12-23(24)34-35-37/h5-6,9-10,12-13,20-22,25-28,39H,1-2,7-8,11,14-19H2,3-4H3/t21-,22?,25-,26+,27-,28?,32?/m1/s1. The van der Waals surface area contributed by atoms with Crippen molar-refractivity contribution in [3.05, 3.63) is 49.6 Å². The molecule has 2 amide bonds. The number of unbranched alkanes of at least 4 members (excludes halogenated alkanes) is 2. The highest BCUT2D eigenvalue weighted by molar-refractivity contribution is 9.09. The van der Waals surface area contributed by atoms with E-state index in [9.17, 15) is 19.5 Å². The maximum Gasteiger partial charge on any atom is 0.312 e. The van der Waals surface area contributed by atoms with E-state index in [0.29, 0.717) is 24.8 Å². The summed E-state index contributed by atoms with van der Waals surface area (Å²) in [6.07, 6.45) is 6.00. The molecule has 0 radical (unpaired) electrons. The van der Waals surface area contributed by atoms with E-state index in [1.54, 1.807) is 15.7 Å². The SMILES string of the molecule is C=CCCCCOC(=O)[C@H]1[C@@H]2OC3(CC2Br)C(C(=O)N(CC=C)Cn2nnc4ccccc42)N([C@@H](CO)CC(C)C)C(=O)[C@H]13. The van der Waals surface area contributed by atoms with E-state index in [1.807, 2.05) is 44.2 Å². The lowest BCUT2D eigenvalue weighted by Crippen LogP contribution is -2.59. The largest absolute Gasteiger partial charge is 0.465 e. The predicted octanol–water partition coefficient (Wildman–Crippen LogP) is 3.46. The highest BCUT2D eigenvalue weighted by Crippen LogP contribution is 2.61. The van der Waals surface area contributed by atoms with Crippen LogP contribution in [0.5, 0.6) is 0 Å². The summed E-state index contributed by atoms with van der Waals surface area (Å²) in [5.41, 5.74) is 0.179. The zero-order chi connectivity index (χ0) is 31.6. The zero-order valence-electron chi connectivity index (χ0n) is 25.4. The molecule has 0 saturated carbocycles. The van der Waals surface area contributed by atoms with Crippen LogP contribution in [0.25, 0.3) is 11.0 Å². The second-order valence-electron chi connectivity index (χ2n) is 12.4. The fraction of sp³-hybridized carbons (Fsp3) is 0.594. The van der Waals surface area contributed by atoms with Crippen molar-refractivity contribution in [1.29, 1.82) is 0 Å². The van der Waals surface area contributed by atoms with Gasteiger partial charge >= 0.3 is 5.97 Å². The average molecular weight is 673 g/mol. The molecule has 2 bridgehead atoms. The van der Waals surface area contributed by atoms with Crippen LogP contribution in [0.1, 0.15) is 46.0 Å². The Bertz CT molecular complexity index is 1400. The topological polar surface area (TPSA) is 127 Å². The van der Waals surface area contributed by atoms with Crippen LogP contribution in [0.2, 0.25) is 0 Å². The van der Waals surface area contributed by atoms with Crippen LogP contribution in [0, 0.1) is 17.8 Å². The van der Waals surface area contributed by atoms with Gasteiger partial charge in [-0.3, -0.25) is 14.4 Å². The zero-order valence-corrected chi connectivity index (χ0v) is 27.0. The van der Waals surface area contributed by atoms with Crippen molar-refractivity contribution < 1.29 is 29.0 Å². The van der Waals surface area contributed by atoms with E-state index < -0.39 is 41.6 Å². The van der Waals surface area contributed by atoms with Crippen LogP contribution in [-0.2, 0) is 30.5 Å². The van der Waals surface area contributed by atoms with Crippen LogP contribution >= 0.6 is 15.9 Å². The van der Waals surface area contributed by atoms with Crippen molar-refractivity contribution in [2.24, 2.45) is 17.8 Å². The maximum absolute atomic E-state index is 14.8. The molecule has 2 aromatic rings. The highest BCUT2D eigenvalue weighted by Gasteiger charge is 2.77. The summed E-state index contributed by atoms with van der Waals surface area (Å²) >= 11 is 3.71. The van der Waals surface area contributed by atoms with Gasteiger partial charge in [0.2, 0.25) is 11.8 Å². The molecule has 1 spiro atoms. The predicted molar refractivity (Wildman–Crippen MR) is 167 cm³/mol. The van der Waals surface area contributed by atoms with Crippen molar-refractivity contribution >= 4 is 44.7 Å². The van der Waals surface area contributed by atoms with E-state index in [2.05, 4.69) is 39.4 Å². The summed E-state index contributed by atoms with van der Waals surface area (Å²) < 4.78 is 14.0. The van der Waals surface area contributed by atoms with Crippen LogP contribution in [0.15, 0.2) is 49.6 Å². The lowest BCUT2D eigenvalue weighted by Gasteiger charge is -2.39. The number of hydrogen-bond donors (Lipinski definition) is 1. The van der Waals surface area contributed by atoms with Crippen molar-refractivity contribution in [1.82, 2.24) is 24.8 Å². The number of nitrogens with zero attached hydrogens (tertiary/aromatic N) is 5. The Balaban J connectivity index is 1.51. The van der Waals surface area contributed by atoms with E-state index >= 15 is 0 Å². The fourth-order valence-electron chi connectivity index (χ4n) is 7.22. The molecule has 3 fully saturated rings. The number of alkyl halides is 1. The first-order valence-corrected chi connectivity index (χ1v) is 16.3. The van der Waals surface area contributed by atoms with Crippen molar-refractivity contribution in [3.8, 4) is 0 Å². The lowest BCUT2D eigenvalue weighted by molar-refractivity contribution is -0.157. The number of halogens is 1. The first-order valence-electron chi connectivity index (χ1n) is 15.4. The number of ether oxygens (including phenoxy) is 2. The molecule has 238 valence electrons. The van der Waals surface area contributed by atoms with Crippen LogP contribution in [0.3, 0.4) is 0 Å². The molecule has 0 aliphatic carbocycles. The third kappa shape index (κ3) is 5.72. The first-order chi connectivity index (χ1) is 21.2. The Labute approximate surface area is 266 Å². The number of carbonyl (C=O) groups is 3. The van der Waals surface area contributed by atoms with Gasteiger partial charge in [-0.15, -0.1) is 18.3 Å². The molecule has 3 aliphatic rings. The van der Waals surface area contributed by atoms with E-state index in [1.165, 1.54) is 4.90 Å². The number of amides is 2. The fourth-order valence-corrected chi connectivity index (χ4v) is 8.16. The van der Waals surface area contributed by atoms with Gasteiger partial charge in [-0.05, 0) is 50.2 Å². The molecule has 7 atom stereocenters. The number of benzene rings is 1. The van der Waals surface area contributed by atoms with Gasteiger partial charge in [0.15, 0.2) is 0 Å². The number of fused-ring (bicyclic) bond motifs is 2. The van der Waals surface area contributed by atoms with Crippen LogP contribution in [-0.4, -0.2) is 96.1 Å². The molecular weight excluding hydrogens is 630 g/mol. The maximum atomic E-state index is 14.8. The van der Waals surface area contributed by atoms with Gasteiger partial charge in [-0.2, -0.15) is 0 Å². The summed E-state index contributed by atoms with van der Waals surface area (Å²) in [5, 5.41) is 19.1. The molecule has 5 rings (SSSR count). The number of rotatable bonds is 15. The number of esters is 1. The molecule has 4 heterocycles. The molecule has 1 aromatic heterocycles. The number of allylic oxidation sites excluding steroid dienone is 1. The molecule has 3 saturated heterocycles. The summed E-state index contributed by atoms with van der Waals surface area (Å²) in [6, 6.07) is 5.76. The molecular formula is C32H42BrN5O6. The minimum atomic E-state index is -1.27. The number of aliphatic hydroxyl groups excluding tert-OH is 1. The van der Waals surface area contributed by atoms with Gasteiger partial charge in [0.25, 0.3) is 0 Å². The highest BCUT2D eigenvalue weighted by atomic mass is 79.9. The Hall–Kier alpha value is -3.09. The van der Waals surface area contributed by atoms with Gasteiger partial charge < -0.3 is 24.4 Å². The van der Waals surface area contributed by atoms with E-state index in [-0.39, 0.29) is 49.0 Å². The van der Waals surface area contributed by atoms with Crippen LogP contribution < -0.4 is 0 Å². The number of likely N-dealkylation sites (tertiary alicyclic amines) is 1. The van der Waals surface area contributed by atoms with Gasteiger partial charge in [0.1, 0.15) is 23.8 Å². The number of aromatic nitrogens is 3. The smallest absolute Gasteiger partial charge is 0.312 e. The second-order valence-corrected chi connectivity index (χ2v) is 13.6. The third-order valence-corrected chi connectivity index (χ3v) is 9.86. The Morgan fingerprint density at radius 2 is 2.05 bits per heavy atom. The average Bonchev–Trinajstić information content (AvgIpc) is 3.72. The molecule has 44 heavy (non-hydrogen) atoms. The molecule has 1 N–H and O–H groups in total. The molecule has 1 aromatic carbocycles. The van der Waals surface area contributed by atoms with Gasteiger partial charge in [-0.1, -0.05) is 59.3 Å². The molecule has 3 unspecified atom stereocenters. The number of para-hydroxylation sites is 1. The summed E-state index contributed by atoms with van der Waals surface area (Å²) in [6.45, 7) is 11.7. The number of aliphatic hydroxyl groups is 1. The summed E-state index contributed by atoms with van der Waals surface area (Å²) in [7, 11) is 0. The van der Waals surface area contributed by atoms with Crippen LogP contribution in [0.4, 0.5) is 0 Å². The second kappa shape index (κ2) is 13.5. The Morgan fingerprint density at radius 1 is 1.27 bits per heavy atom. The third-order valence-electron chi connectivity index (χ3n) is 9.01. The molecule has 12 heteroatoms. The Kier molecular flexibility index (Phi) is 9.91. The minimum absolute atomic E-state index is 0.0654. The first kappa shape index (κ1) is 32.3. The van der Waals surface area contributed by atoms with Crippen molar-refractivity contribution in [2.45, 2.75) is 81.2 Å². The Morgan fingerprint density at radius 3 is 2.75 bits per heavy atom.